The first-order valence-electron chi connectivity index (χ1n) is 7.89. The van der Waals surface area contributed by atoms with Crippen LogP contribution >= 0.6 is 0 Å². The van der Waals surface area contributed by atoms with Gasteiger partial charge in [0.05, 0.1) is 23.7 Å². The van der Waals surface area contributed by atoms with E-state index in [1.165, 1.54) is 19.3 Å². The molecular formula is C16H22N4O. The number of hydrogen-bond acceptors (Lipinski definition) is 4. The average Bonchev–Trinajstić information content (AvgIpc) is 3.10. The van der Waals surface area contributed by atoms with Gasteiger partial charge >= 0.3 is 0 Å². The highest BCUT2D eigenvalue weighted by atomic mass is 16.5. The summed E-state index contributed by atoms with van der Waals surface area (Å²) in [7, 11) is 0. The van der Waals surface area contributed by atoms with E-state index < -0.39 is 0 Å². The van der Waals surface area contributed by atoms with Crippen LogP contribution in [0.3, 0.4) is 0 Å². The maximum absolute atomic E-state index is 5.87. The van der Waals surface area contributed by atoms with Crippen molar-refractivity contribution in [2.24, 2.45) is 0 Å². The van der Waals surface area contributed by atoms with Gasteiger partial charge in [-0.05, 0) is 37.5 Å². The van der Waals surface area contributed by atoms with E-state index in [9.17, 15) is 0 Å². The number of anilines is 1. The number of imidazole rings is 1. The zero-order chi connectivity index (χ0) is 14.2. The first-order chi connectivity index (χ1) is 10.3. The van der Waals surface area contributed by atoms with Gasteiger partial charge in [0.2, 0.25) is 0 Å². The largest absolute Gasteiger partial charge is 0.399 e. The second-order valence-electron chi connectivity index (χ2n) is 6.15. The Balaban J connectivity index is 1.45. The van der Waals surface area contributed by atoms with Crippen molar-refractivity contribution in [3.63, 3.8) is 0 Å². The number of nitrogens with one attached hydrogen (secondary N) is 1. The summed E-state index contributed by atoms with van der Waals surface area (Å²) >= 11 is 0. The smallest absolute Gasteiger partial charge is 0.108 e. The molecule has 1 aliphatic heterocycles. The quantitative estimate of drug-likeness (QED) is 0.846. The van der Waals surface area contributed by atoms with Gasteiger partial charge in [-0.1, -0.05) is 0 Å². The molecule has 4 rings (SSSR count). The minimum atomic E-state index is 0.467. The van der Waals surface area contributed by atoms with E-state index in [2.05, 4.69) is 14.9 Å². The Morgan fingerprint density at radius 1 is 1.38 bits per heavy atom. The number of benzene rings is 1. The van der Waals surface area contributed by atoms with Crippen molar-refractivity contribution in [1.29, 1.82) is 0 Å². The number of aromatic nitrogens is 2. The van der Waals surface area contributed by atoms with E-state index in [0.29, 0.717) is 12.1 Å². The lowest BCUT2D eigenvalue weighted by molar-refractivity contribution is -0.0551. The maximum Gasteiger partial charge on any atom is 0.108 e. The second kappa shape index (κ2) is 5.31. The van der Waals surface area contributed by atoms with Crippen molar-refractivity contribution in [3.05, 3.63) is 24.0 Å². The van der Waals surface area contributed by atoms with Gasteiger partial charge in [0.1, 0.15) is 5.82 Å². The molecule has 1 aromatic heterocycles. The molecular weight excluding hydrogens is 264 g/mol. The first kappa shape index (κ1) is 13.1. The van der Waals surface area contributed by atoms with Crippen LogP contribution in [0.25, 0.3) is 11.0 Å². The lowest BCUT2D eigenvalue weighted by Crippen LogP contribution is -2.49. The minimum Gasteiger partial charge on any atom is -0.399 e. The SMILES string of the molecule is Nc1ccc2nc(CCN3CCOC4CCCC43)[nH]c2c1. The summed E-state index contributed by atoms with van der Waals surface area (Å²) in [6.45, 7) is 2.98. The standard InChI is InChI=1S/C16H22N4O/c17-11-4-5-12-13(10-11)19-16(18-12)6-7-20-8-9-21-15-3-1-2-14(15)20/h4-5,10,14-15H,1-3,6-9,17H2,(H,18,19). The Morgan fingerprint density at radius 2 is 2.33 bits per heavy atom. The molecule has 2 fully saturated rings. The van der Waals surface area contributed by atoms with Crippen molar-refractivity contribution in [2.75, 3.05) is 25.4 Å². The Bertz CT molecular complexity index is 638. The summed E-state index contributed by atoms with van der Waals surface area (Å²) in [5.41, 5.74) is 8.62. The maximum atomic E-state index is 5.87. The van der Waals surface area contributed by atoms with E-state index in [0.717, 1.165) is 48.7 Å². The van der Waals surface area contributed by atoms with Crippen molar-refractivity contribution in [2.45, 2.75) is 37.8 Å². The van der Waals surface area contributed by atoms with Gasteiger partial charge in [0.25, 0.3) is 0 Å². The van der Waals surface area contributed by atoms with Crippen molar-refractivity contribution in [3.8, 4) is 0 Å². The number of hydrogen-bond donors (Lipinski definition) is 2. The molecule has 5 nitrogen and oxygen atoms in total. The highest BCUT2D eigenvalue weighted by Gasteiger charge is 2.35. The van der Waals surface area contributed by atoms with E-state index in [1.807, 2.05) is 18.2 Å². The number of morpholine rings is 1. The number of H-pyrrole nitrogens is 1. The van der Waals surface area contributed by atoms with Crippen LogP contribution in [-0.4, -0.2) is 46.7 Å². The van der Waals surface area contributed by atoms with Crippen LogP contribution in [0.1, 0.15) is 25.1 Å². The van der Waals surface area contributed by atoms with Crippen LogP contribution in [0.4, 0.5) is 5.69 Å². The van der Waals surface area contributed by atoms with Gasteiger partial charge in [-0.15, -0.1) is 0 Å². The number of nitrogen functional groups attached to an aromatic ring is 1. The molecule has 2 heterocycles. The summed E-state index contributed by atoms with van der Waals surface area (Å²) in [5, 5.41) is 0. The molecule has 2 aliphatic rings. The lowest BCUT2D eigenvalue weighted by atomic mass is 10.1. The number of ether oxygens (including phenoxy) is 1. The lowest BCUT2D eigenvalue weighted by Gasteiger charge is -2.37. The van der Waals surface area contributed by atoms with Crippen molar-refractivity contribution < 1.29 is 4.74 Å². The third kappa shape index (κ3) is 2.51. The van der Waals surface area contributed by atoms with E-state index >= 15 is 0 Å². The van der Waals surface area contributed by atoms with Gasteiger partial charge < -0.3 is 15.5 Å². The molecule has 2 atom stereocenters. The molecule has 0 spiro atoms. The Morgan fingerprint density at radius 3 is 3.29 bits per heavy atom. The summed E-state index contributed by atoms with van der Waals surface area (Å²) in [4.78, 5) is 10.6. The van der Waals surface area contributed by atoms with Crippen LogP contribution in [0.15, 0.2) is 18.2 Å². The number of nitrogens with zero attached hydrogens (tertiary/aromatic N) is 2. The predicted molar refractivity (Wildman–Crippen MR) is 83.2 cm³/mol. The van der Waals surface area contributed by atoms with Crippen LogP contribution in [0.5, 0.6) is 0 Å². The highest BCUT2D eigenvalue weighted by Crippen LogP contribution is 2.29. The van der Waals surface area contributed by atoms with Gasteiger partial charge in [0.15, 0.2) is 0 Å². The molecule has 1 saturated carbocycles. The molecule has 0 bridgehead atoms. The zero-order valence-electron chi connectivity index (χ0n) is 12.2. The molecule has 2 aromatic rings. The number of nitrogens with two attached hydrogens (primary N) is 1. The fourth-order valence-electron chi connectivity index (χ4n) is 3.73. The van der Waals surface area contributed by atoms with Crippen molar-refractivity contribution >= 4 is 16.7 Å². The molecule has 112 valence electrons. The molecule has 0 radical (unpaired) electrons. The van der Waals surface area contributed by atoms with Gasteiger partial charge in [0, 0.05) is 31.2 Å². The molecule has 5 heteroatoms. The number of rotatable bonds is 3. The summed E-state index contributed by atoms with van der Waals surface area (Å²) < 4.78 is 5.87. The third-order valence-electron chi connectivity index (χ3n) is 4.79. The Labute approximate surface area is 124 Å². The van der Waals surface area contributed by atoms with Gasteiger partial charge in [-0.25, -0.2) is 4.98 Å². The normalized spacial score (nSPS) is 26.3. The average molecular weight is 286 g/mol. The first-order valence-corrected chi connectivity index (χ1v) is 7.89. The fraction of sp³-hybridized carbons (Fsp3) is 0.562. The molecule has 2 unspecified atom stereocenters. The number of fused-ring (bicyclic) bond motifs is 2. The van der Waals surface area contributed by atoms with E-state index in [1.54, 1.807) is 0 Å². The predicted octanol–water partition coefficient (Wildman–Crippen LogP) is 1.94. The minimum absolute atomic E-state index is 0.467. The van der Waals surface area contributed by atoms with Gasteiger partial charge in [-0.3, -0.25) is 4.90 Å². The monoisotopic (exact) mass is 286 g/mol. The van der Waals surface area contributed by atoms with E-state index in [4.69, 9.17) is 10.5 Å². The molecule has 0 amide bonds. The Kier molecular flexibility index (Phi) is 3.31. The topological polar surface area (TPSA) is 67.2 Å². The second-order valence-corrected chi connectivity index (χ2v) is 6.15. The fourth-order valence-corrected chi connectivity index (χ4v) is 3.73. The molecule has 21 heavy (non-hydrogen) atoms. The van der Waals surface area contributed by atoms with Crippen LogP contribution in [-0.2, 0) is 11.2 Å². The van der Waals surface area contributed by atoms with E-state index in [-0.39, 0.29) is 0 Å². The van der Waals surface area contributed by atoms with Crippen molar-refractivity contribution in [1.82, 2.24) is 14.9 Å². The molecule has 1 aromatic carbocycles. The van der Waals surface area contributed by atoms with Gasteiger partial charge in [-0.2, -0.15) is 0 Å². The molecule has 1 aliphatic carbocycles. The molecule has 3 N–H and O–H groups in total. The third-order valence-corrected chi connectivity index (χ3v) is 4.79. The van der Waals surface area contributed by atoms with Crippen LogP contribution in [0.2, 0.25) is 0 Å². The summed E-state index contributed by atoms with van der Waals surface area (Å²) in [5.74, 6) is 1.05. The number of aromatic amines is 1. The summed E-state index contributed by atoms with van der Waals surface area (Å²) in [6.07, 6.45) is 5.23. The molecule has 1 saturated heterocycles. The zero-order valence-corrected chi connectivity index (χ0v) is 12.2. The Hall–Kier alpha value is -1.59. The highest BCUT2D eigenvalue weighted by molar-refractivity contribution is 5.78. The van der Waals surface area contributed by atoms with Crippen LogP contribution < -0.4 is 5.73 Å². The van der Waals surface area contributed by atoms with Crippen LogP contribution in [0, 0.1) is 0 Å². The summed E-state index contributed by atoms with van der Waals surface area (Å²) in [6, 6.07) is 6.46.